The number of aryl methyl sites for hydroxylation is 1. The van der Waals surface area contributed by atoms with E-state index in [-0.39, 0.29) is 5.78 Å². The van der Waals surface area contributed by atoms with Gasteiger partial charge >= 0.3 is 0 Å². The SMILES string of the molecule is Cc1cccc(C(=O)Cc2cccc(-c3nc(NC4CC4)c4sccc4n3)c2)c1. The minimum absolute atomic E-state index is 0.121. The van der Waals surface area contributed by atoms with Crippen molar-refractivity contribution in [1.82, 2.24) is 9.97 Å². The number of fused-ring (bicyclic) bond motifs is 1. The Morgan fingerprint density at radius 3 is 2.79 bits per heavy atom. The standard InChI is InChI=1S/C24H21N3OS/c1-15-4-2-6-17(12-15)21(28)14-16-5-3-7-18(13-16)23-26-20-10-11-29-22(20)24(27-23)25-19-8-9-19/h2-7,10-13,19H,8-9,14H2,1H3,(H,25,26,27). The molecule has 4 nitrogen and oxygen atoms in total. The molecule has 0 unspecified atom stereocenters. The summed E-state index contributed by atoms with van der Waals surface area (Å²) in [5.41, 5.74) is 4.72. The van der Waals surface area contributed by atoms with Crippen LogP contribution in [0.5, 0.6) is 0 Å². The number of nitrogens with zero attached hydrogens (tertiary/aromatic N) is 2. The third-order valence-corrected chi connectivity index (χ3v) is 6.02. The van der Waals surface area contributed by atoms with Gasteiger partial charge in [-0.25, -0.2) is 9.97 Å². The molecule has 4 aromatic rings. The maximum Gasteiger partial charge on any atom is 0.167 e. The van der Waals surface area contributed by atoms with E-state index in [2.05, 4.69) is 10.7 Å². The van der Waals surface area contributed by atoms with Crippen LogP contribution >= 0.6 is 11.3 Å². The highest BCUT2D eigenvalue weighted by atomic mass is 32.1. The molecule has 0 atom stereocenters. The molecule has 1 N–H and O–H groups in total. The highest BCUT2D eigenvalue weighted by Crippen LogP contribution is 2.33. The Balaban J connectivity index is 1.45. The number of carbonyl (C=O) groups excluding carboxylic acids is 1. The van der Waals surface area contributed by atoms with Crippen LogP contribution in [-0.4, -0.2) is 21.8 Å². The molecule has 0 radical (unpaired) electrons. The first-order chi connectivity index (χ1) is 14.2. The minimum atomic E-state index is 0.121. The zero-order valence-corrected chi connectivity index (χ0v) is 17.0. The van der Waals surface area contributed by atoms with Gasteiger partial charge < -0.3 is 5.32 Å². The van der Waals surface area contributed by atoms with Gasteiger partial charge in [-0.3, -0.25) is 4.79 Å². The van der Waals surface area contributed by atoms with Crippen LogP contribution in [0, 0.1) is 6.92 Å². The Morgan fingerprint density at radius 2 is 1.97 bits per heavy atom. The van der Waals surface area contributed by atoms with Gasteiger partial charge in [-0.2, -0.15) is 0 Å². The summed E-state index contributed by atoms with van der Waals surface area (Å²) >= 11 is 1.67. The van der Waals surface area contributed by atoms with Crippen molar-refractivity contribution in [3.63, 3.8) is 0 Å². The molecule has 2 aromatic carbocycles. The summed E-state index contributed by atoms with van der Waals surface area (Å²) in [4.78, 5) is 22.3. The summed E-state index contributed by atoms with van der Waals surface area (Å²) < 4.78 is 1.10. The first-order valence-corrected chi connectivity index (χ1v) is 10.7. The molecular formula is C24H21N3OS. The summed E-state index contributed by atoms with van der Waals surface area (Å²) in [5.74, 6) is 1.74. The molecule has 0 bridgehead atoms. The molecule has 2 aromatic heterocycles. The molecule has 0 amide bonds. The molecule has 1 fully saturated rings. The van der Waals surface area contributed by atoms with Gasteiger partial charge in [-0.15, -0.1) is 11.3 Å². The third kappa shape index (κ3) is 3.91. The lowest BCUT2D eigenvalue weighted by Gasteiger charge is -2.09. The van der Waals surface area contributed by atoms with Gasteiger partial charge in [0.2, 0.25) is 0 Å². The monoisotopic (exact) mass is 399 g/mol. The van der Waals surface area contributed by atoms with Gasteiger partial charge in [0.25, 0.3) is 0 Å². The summed E-state index contributed by atoms with van der Waals surface area (Å²) in [6.07, 6.45) is 2.76. The van der Waals surface area contributed by atoms with Gasteiger partial charge in [-0.1, -0.05) is 42.0 Å². The van der Waals surface area contributed by atoms with E-state index < -0.39 is 0 Å². The molecule has 1 aliphatic rings. The average molecular weight is 400 g/mol. The second-order valence-corrected chi connectivity index (χ2v) is 8.54. The van der Waals surface area contributed by atoms with E-state index in [1.807, 2.05) is 61.5 Å². The van der Waals surface area contributed by atoms with E-state index in [1.165, 1.54) is 12.8 Å². The zero-order chi connectivity index (χ0) is 19.8. The van der Waals surface area contributed by atoms with Crippen molar-refractivity contribution in [1.29, 1.82) is 0 Å². The van der Waals surface area contributed by atoms with Gasteiger partial charge in [0.15, 0.2) is 11.6 Å². The number of nitrogens with one attached hydrogen (secondary N) is 1. The number of hydrogen-bond acceptors (Lipinski definition) is 5. The lowest BCUT2D eigenvalue weighted by Crippen LogP contribution is -2.05. The Morgan fingerprint density at radius 1 is 1.10 bits per heavy atom. The summed E-state index contributed by atoms with van der Waals surface area (Å²) in [5, 5.41) is 5.59. The number of rotatable bonds is 6. The first-order valence-electron chi connectivity index (χ1n) is 9.87. The van der Waals surface area contributed by atoms with Crippen LogP contribution in [0.3, 0.4) is 0 Å². The molecule has 0 spiro atoms. The molecular weight excluding hydrogens is 378 g/mol. The van der Waals surface area contributed by atoms with Crippen molar-refractivity contribution in [2.45, 2.75) is 32.2 Å². The van der Waals surface area contributed by atoms with Crippen molar-refractivity contribution in [3.8, 4) is 11.4 Å². The average Bonchev–Trinajstić information content (AvgIpc) is 3.41. The largest absolute Gasteiger partial charge is 0.366 e. The Hall–Kier alpha value is -3.05. The molecule has 5 rings (SSSR count). The third-order valence-electron chi connectivity index (χ3n) is 5.11. The summed E-state index contributed by atoms with van der Waals surface area (Å²) in [6.45, 7) is 2.00. The van der Waals surface area contributed by atoms with Gasteiger partial charge in [0.1, 0.15) is 5.82 Å². The highest BCUT2D eigenvalue weighted by Gasteiger charge is 2.23. The maximum absolute atomic E-state index is 12.7. The van der Waals surface area contributed by atoms with Gasteiger partial charge in [0, 0.05) is 23.6 Å². The zero-order valence-electron chi connectivity index (χ0n) is 16.2. The molecule has 0 aliphatic heterocycles. The molecule has 1 saturated carbocycles. The smallest absolute Gasteiger partial charge is 0.167 e. The van der Waals surface area contributed by atoms with Crippen molar-refractivity contribution in [2.24, 2.45) is 0 Å². The van der Waals surface area contributed by atoms with Crippen LogP contribution in [0.4, 0.5) is 5.82 Å². The second-order valence-electron chi connectivity index (χ2n) is 7.62. The number of hydrogen-bond donors (Lipinski definition) is 1. The van der Waals surface area contributed by atoms with Crippen LogP contribution in [0.1, 0.15) is 34.3 Å². The van der Waals surface area contributed by atoms with E-state index >= 15 is 0 Å². The lowest BCUT2D eigenvalue weighted by molar-refractivity contribution is 0.0993. The number of ketones is 1. The Bertz CT molecular complexity index is 1210. The van der Waals surface area contributed by atoms with E-state index in [4.69, 9.17) is 9.97 Å². The molecule has 0 saturated heterocycles. The van der Waals surface area contributed by atoms with E-state index in [1.54, 1.807) is 11.3 Å². The van der Waals surface area contributed by atoms with Crippen LogP contribution in [-0.2, 0) is 6.42 Å². The lowest BCUT2D eigenvalue weighted by atomic mass is 10.00. The van der Waals surface area contributed by atoms with Crippen molar-refractivity contribution in [3.05, 3.63) is 76.7 Å². The summed E-state index contributed by atoms with van der Waals surface area (Å²) in [7, 11) is 0. The number of Topliss-reactive ketones (excluding diaryl/α,β-unsaturated/α-hetero) is 1. The molecule has 144 valence electrons. The number of thiophene rings is 1. The van der Waals surface area contributed by atoms with Crippen LogP contribution < -0.4 is 5.32 Å². The maximum atomic E-state index is 12.7. The van der Waals surface area contributed by atoms with Crippen molar-refractivity contribution in [2.75, 3.05) is 5.32 Å². The first kappa shape index (κ1) is 18.0. The quantitative estimate of drug-likeness (QED) is 0.425. The van der Waals surface area contributed by atoms with Crippen LogP contribution in [0.25, 0.3) is 21.6 Å². The fourth-order valence-electron chi connectivity index (χ4n) is 3.44. The fraction of sp³-hybridized carbons (Fsp3) is 0.208. The molecule has 1 aliphatic carbocycles. The summed E-state index contributed by atoms with van der Waals surface area (Å²) in [6, 6.07) is 18.3. The van der Waals surface area contributed by atoms with Crippen LogP contribution in [0.15, 0.2) is 60.0 Å². The molecule has 5 heteroatoms. The Labute approximate surface area is 173 Å². The Kier molecular flexibility index (Phi) is 4.60. The predicted molar refractivity (Wildman–Crippen MR) is 119 cm³/mol. The number of carbonyl (C=O) groups is 1. The fourth-order valence-corrected chi connectivity index (χ4v) is 4.22. The van der Waals surface area contributed by atoms with Crippen molar-refractivity contribution < 1.29 is 4.79 Å². The topological polar surface area (TPSA) is 54.9 Å². The van der Waals surface area contributed by atoms with Gasteiger partial charge in [-0.05, 0) is 48.9 Å². The van der Waals surface area contributed by atoms with Crippen LogP contribution in [0.2, 0.25) is 0 Å². The second kappa shape index (κ2) is 7.41. The normalized spacial score (nSPS) is 13.6. The highest BCUT2D eigenvalue weighted by molar-refractivity contribution is 7.17. The van der Waals surface area contributed by atoms with E-state index in [9.17, 15) is 4.79 Å². The number of benzene rings is 2. The van der Waals surface area contributed by atoms with E-state index in [0.717, 1.165) is 38.3 Å². The minimum Gasteiger partial charge on any atom is -0.366 e. The van der Waals surface area contributed by atoms with Crippen molar-refractivity contribution >= 4 is 33.2 Å². The number of anilines is 1. The number of aromatic nitrogens is 2. The molecule has 29 heavy (non-hydrogen) atoms. The van der Waals surface area contributed by atoms with Gasteiger partial charge in [0.05, 0.1) is 10.2 Å². The molecule has 2 heterocycles. The van der Waals surface area contributed by atoms with E-state index in [0.29, 0.717) is 18.3 Å². The predicted octanol–water partition coefficient (Wildman–Crippen LogP) is 5.67.